The average molecular weight is 245 g/mol. The maximum absolute atomic E-state index is 12.3. The van der Waals surface area contributed by atoms with Gasteiger partial charge in [-0.1, -0.05) is 31.4 Å². The van der Waals surface area contributed by atoms with Crippen LogP contribution in [0.5, 0.6) is 0 Å². The molecule has 0 aromatic carbocycles. The van der Waals surface area contributed by atoms with E-state index in [1.807, 2.05) is 4.90 Å². The zero-order valence-electron chi connectivity index (χ0n) is 10.6. The Labute approximate surface area is 108 Å². The molecule has 0 unspecified atom stereocenters. The summed E-state index contributed by atoms with van der Waals surface area (Å²) >= 11 is 0. The van der Waals surface area contributed by atoms with Crippen LogP contribution < -0.4 is 0 Å². The quantitative estimate of drug-likeness (QED) is 0.672. The molecule has 0 aromatic rings. The predicted molar refractivity (Wildman–Crippen MR) is 74.4 cm³/mol. The van der Waals surface area contributed by atoms with Crippen molar-refractivity contribution >= 4 is 6.03 Å². The van der Waals surface area contributed by atoms with E-state index in [1.54, 1.807) is 28.0 Å². The van der Waals surface area contributed by atoms with Crippen molar-refractivity contribution in [2.75, 3.05) is 19.6 Å². The van der Waals surface area contributed by atoms with Gasteiger partial charge in [0.25, 0.3) is 0 Å². The Balaban J connectivity index is 3.08. The van der Waals surface area contributed by atoms with Crippen molar-refractivity contribution in [2.45, 2.75) is 0 Å². The van der Waals surface area contributed by atoms with Gasteiger partial charge in [0, 0.05) is 19.6 Å². The highest BCUT2D eigenvalue weighted by molar-refractivity contribution is 5.80. The largest absolute Gasteiger partial charge is 0.331 e. The SMILES string of the molecule is C=CCN1C(=C)N(CC=C)C(=O)N(CC=C)C1=C. The van der Waals surface area contributed by atoms with Crippen molar-refractivity contribution in [3.05, 3.63) is 62.8 Å². The molecule has 0 aliphatic carbocycles. The van der Waals surface area contributed by atoms with Gasteiger partial charge >= 0.3 is 6.03 Å². The molecule has 4 heteroatoms. The van der Waals surface area contributed by atoms with Crippen molar-refractivity contribution in [3.8, 4) is 0 Å². The van der Waals surface area contributed by atoms with Gasteiger partial charge in [-0.15, -0.1) is 19.7 Å². The van der Waals surface area contributed by atoms with Crippen LogP contribution in [0, 0.1) is 0 Å². The van der Waals surface area contributed by atoms with Crippen LogP contribution >= 0.6 is 0 Å². The lowest BCUT2D eigenvalue weighted by Crippen LogP contribution is -2.54. The van der Waals surface area contributed by atoms with Crippen LogP contribution in [0.1, 0.15) is 0 Å². The van der Waals surface area contributed by atoms with Gasteiger partial charge in [0.1, 0.15) is 11.6 Å². The van der Waals surface area contributed by atoms with Gasteiger partial charge in [-0.25, -0.2) is 4.79 Å². The van der Waals surface area contributed by atoms with Gasteiger partial charge in [-0.05, 0) is 0 Å². The summed E-state index contributed by atoms with van der Waals surface area (Å²) in [5.74, 6) is 1.18. The Hall–Kier alpha value is -2.23. The second kappa shape index (κ2) is 5.91. The normalized spacial score (nSPS) is 16.0. The number of amides is 2. The van der Waals surface area contributed by atoms with E-state index in [4.69, 9.17) is 0 Å². The zero-order valence-corrected chi connectivity index (χ0v) is 10.6. The first-order chi connectivity index (χ1) is 8.58. The summed E-state index contributed by atoms with van der Waals surface area (Å²) in [6.07, 6.45) is 5.06. The molecular formula is C14H19N3O. The summed E-state index contributed by atoms with van der Waals surface area (Å²) in [6, 6.07) is -0.162. The van der Waals surface area contributed by atoms with Crippen molar-refractivity contribution in [3.63, 3.8) is 0 Å². The molecule has 0 bridgehead atoms. The van der Waals surface area contributed by atoms with E-state index in [-0.39, 0.29) is 6.03 Å². The lowest BCUT2D eigenvalue weighted by molar-refractivity contribution is 0.131. The number of nitrogens with zero attached hydrogens (tertiary/aromatic N) is 3. The molecule has 18 heavy (non-hydrogen) atoms. The van der Waals surface area contributed by atoms with Gasteiger partial charge in [0.05, 0.1) is 0 Å². The highest BCUT2D eigenvalue weighted by atomic mass is 16.2. The molecule has 0 saturated carbocycles. The molecule has 1 rings (SSSR count). The molecule has 1 aliphatic rings. The van der Waals surface area contributed by atoms with Crippen molar-refractivity contribution in [2.24, 2.45) is 0 Å². The third-order valence-electron chi connectivity index (χ3n) is 2.64. The van der Waals surface area contributed by atoms with Gasteiger partial charge in [-0.2, -0.15) is 0 Å². The molecule has 1 heterocycles. The fourth-order valence-electron chi connectivity index (χ4n) is 1.77. The van der Waals surface area contributed by atoms with Gasteiger partial charge in [0.2, 0.25) is 0 Å². The van der Waals surface area contributed by atoms with E-state index in [2.05, 4.69) is 32.9 Å². The van der Waals surface area contributed by atoms with Crippen LogP contribution in [0.2, 0.25) is 0 Å². The minimum atomic E-state index is -0.162. The number of urea groups is 1. The van der Waals surface area contributed by atoms with Crippen LogP contribution in [0.4, 0.5) is 4.79 Å². The summed E-state index contributed by atoms with van der Waals surface area (Å²) < 4.78 is 0. The molecule has 0 radical (unpaired) electrons. The van der Waals surface area contributed by atoms with E-state index in [0.29, 0.717) is 31.3 Å². The number of carbonyl (C=O) groups excluding carboxylic acids is 1. The van der Waals surface area contributed by atoms with Crippen molar-refractivity contribution in [1.82, 2.24) is 14.7 Å². The second-order valence-corrected chi connectivity index (χ2v) is 3.81. The molecule has 0 spiro atoms. The number of hydrogen-bond acceptors (Lipinski definition) is 2. The van der Waals surface area contributed by atoms with E-state index >= 15 is 0 Å². The average Bonchev–Trinajstić information content (AvgIpc) is 2.35. The fraction of sp³-hybridized carbons (Fsp3) is 0.214. The van der Waals surface area contributed by atoms with E-state index in [9.17, 15) is 4.79 Å². The molecule has 0 N–H and O–H groups in total. The highest BCUT2D eigenvalue weighted by Gasteiger charge is 2.34. The molecular weight excluding hydrogens is 226 g/mol. The monoisotopic (exact) mass is 245 g/mol. The fourth-order valence-corrected chi connectivity index (χ4v) is 1.77. The maximum atomic E-state index is 12.3. The Morgan fingerprint density at radius 1 is 0.778 bits per heavy atom. The number of hydrogen-bond donors (Lipinski definition) is 0. The smallest absolute Gasteiger partial charge is 0.311 e. The molecule has 2 amide bonds. The summed E-state index contributed by atoms with van der Waals surface area (Å²) in [4.78, 5) is 17.2. The van der Waals surface area contributed by atoms with Crippen LogP contribution in [0.3, 0.4) is 0 Å². The minimum absolute atomic E-state index is 0.162. The summed E-state index contributed by atoms with van der Waals surface area (Å²) in [5.41, 5.74) is 0. The lowest BCUT2D eigenvalue weighted by Gasteiger charge is -2.44. The topological polar surface area (TPSA) is 26.8 Å². The summed E-state index contributed by atoms with van der Waals surface area (Å²) in [6.45, 7) is 20.2. The van der Waals surface area contributed by atoms with E-state index in [0.717, 1.165) is 0 Å². The molecule has 1 saturated heterocycles. The summed E-state index contributed by atoms with van der Waals surface area (Å²) in [7, 11) is 0. The van der Waals surface area contributed by atoms with Crippen LogP contribution in [0.25, 0.3) is 0 Å². The minimum Gasteiger partial charge on any atom is -0.311 e. The Morgan fingerprint density at radius 3 is 1.44 bits per heavy atom. The first kappa shape index (κ1) is 13.8. The highest BCUT2D eigenvalue weighted by Crippen LogP contribution is 2.25. The Morgan fingerprint density at radius 2 is 1.11 bits per heavy atom. The molecule has 4 nitrogen and oxygen atoms in total. The van der Waals surface area contributed by atoms with Gasteiger partial charge < -0.3 is 4.90 Å². The zero-order chi connectivity index (χ0) is 13.7. The van der Waals surface area contributed by atoms with Gasteiger partial charge in [-0.3, -0.25) is 9.80 Å². The van der Waals surface area contributed by atoms with E-state index < -0.39 is 0 Å². The van der Waals surface area contributed by atoms with Crippen LogP contribution in [-0.4, -0.2) is 40.4 Å². The Kier molecular flexibility index (Phi) is 4.54. The maximum Gasteiger partial charge on any atom is 0.331 e. The second-order valence-electron chi connectivity index (χ2n) is 3.81. The van der Waals surface area contributed by atoms with E-state index in [1.165, 1.54) is 0 Å². The first-order valence-electron chi connectivity index (χ1n) is 5.65. The molecule has 1 fully saturated rings. The standard InChI is InChI=1S/C14H19N3O/c1-6-9-15-12(4)16(10-7-2)14(18)17(11-8-3)13(15)5/h6-8H,1-5,9-11H2. The lowest BCUT2D eigenvalue weighted by atomic mass is 10.3. The van der Waals surface area contributed by atoms with Gasteiger partial charge in [0.15, 0.2) is 0 Å². The van der Waals surface area contributed by atoms with Crippen molar-refractivity contribution < 1.29 is 4.79 Å². The van der Waals surface area contributed by atoms with Crippen LogP contribution in [-0.2, 0) is 0 Å². The molecule has 1 aliphatic heterocycles. The molecule has 96 valence electrons. The van der Waals surface area contributed by atoms with Crippen molar-refractivity contribution in [1.29, 1.82) is 0 Å². The number of carbonyl (C=O) groups is 1. The molecule has 0 atom stereocenters. The predicted octanol–water partition coefficient (Wildman–Crippen LogP) is 2.53. The Bertz CT molecular complexity index is 331. The summed E-state index contributed by atoms with van der Waals surface area (Å²) in [5, 5.41) is 0. The number of rotatable bonds is 6. The third kappa shape index (κ3) is 2.37. The third-order valence-corrected chi connectivity index (χ3v) is 2.64. The van der Waals surface area contributed by atoms with Crippen LogP contribution in [0.15, 0.2) is 62.8 Å². The first-order valence-corrected chi connectivity index (χ1v) is 5.65. The molecule has 0 aromatic heterocycles.